The van der Waals surface area contributed by atoms with Crippen molar-refractivity contribution in [1.82, 2.24) is 10.6 Å². The SMILES string of the molecule is Cl.c1ccc(COc2cccc([C@@H]3CNCCN3)c2)cc1. The fraction of sp³-hybridized carbons (Fsp3) is 0.294. The van der Waals surface area contributed by atoms with E-state index in [1.807, 2.05) is 24.3 Å². The van der Waals surface area contributed by atoms with Crippen LogP contribution in [-0.4, -0.2) is 19.6 Å². The lowest BCUT2D eigenvalue weighted by Crippen LogP contribution is -2.42. The van der Waals surface area contributed by atoms with Gasteiger partial charge in [-0.2, -0.15) is 0 Å². The Balaban J connectivity index is 0.00000161. The molecule has 3 rings (SSSR count). The van der Waals surface area contributed by atoms with Crippen LogP contribution in [0.3, 0.4) is 0 Å². The average molecular weight is 305 g/mol. The molecule has 2 N–H and O–H groups in total. The van der Waals surface area contributed by atoms with Crippen LogP contribution < -0.4 is 15.4 Å². The van der Waals surface area contributed by atoms with Crippen molar-refractivity contribution in [3.05, 3.63) is 65.7 Å². The number of benzene rings is 2. The summed E-state index contributed by atoms with van der Waals surface area (Å²) in [6, 6.07) is 19.0. The number of halogens is 1. The number of piperazine rings is 1. The zero-order valence-electron chi connectivity index (χ0n) is 11.9. The number of ether oxygens (including phenoxy) is 1. The zero-order chi connectivity index (χ0) is 13.6. The van der Waals surface area contributed by atoms with Gasteiger partial charge in [0.1, 0.15) is 12.4 Å². The van der Waals surface area contributed by atoms with Gasteiger partial charge < -0.3 is 15.4 Å². The van der Waals surface area contributed by atoms with E-state index >= 15 is 0 Å². The van der Waals surface area contributed by atoms with Crippen molar-refractivity contribution in [1.29, 1.82) is 0 Å². The Morgan fingerprint density at radius 3 is 2.62 bits per heavy atom. The lowest BCUT2D eigenvalue weighted by atomic mass is 10.1. The summed E-state index contributed by atoms with van der Waals surface area (Å²) in [7, 11) is 0. The number of hydrogen-bond acceptors (Lipinski definition) is 3. The van der Waals surface area contributed by atoms with Crippen LogP contribution in [0.4, 0.5) is 0 Å². The second kappa shape index (κ2) is 8.03. The zero-order valence-corrected chi connectivity index (χ0v) is 12.7. The van der Waals surface area contributed by atoms with E-state index < -0.39 is 0 Å². The summed E-state index contributed by atoms with van der Waals surface area (Å²) in [5.74, 6) is 0.929. The normalized spacial score (nSPS) is 17.8. The molecular weight excluding hydrogens is 284 g/mol. The van der Waals surface area contributed by atoms with Crippen molar-refractivity contribution in [2.45, 2.75) is 12.6 Å². The molecule has 1 fully saturated rings. The van der Waals surface area contributed by atoms with E-state index in [2.05, 4.69) is 41.0 Å². The molecule has 0 bridgehead atoms. The molecule has 112 valence electrons. The number of nitrogens with one attached hydrogen (secondary N) is 2. The van der Waals surface area contributed by atoms with Gasteiger partial charge in [0.2, 0.25) is 0 Å². The third kappa shape index (κ3) is 4.46. The summed E-state index contributed by atoms with van der Waals surface area (Å²) in [5, 5.41) is 6.93. The fourth-order valence-corrected chi connectivity index (χ4v) is 2.45. The standard InChI is InChI=1S/C17H20N2O.ClH/c1-2-5-14(6-3-1)13-20-16-8-4-7-15(11-16)17-12-18-9-10-19-17;/h1-8,11,17-19H,9-10,12-13H2;1H/t17-;/m0./s1. The Morgan fingerprint density at radius 1 is 1.00 bits per heavy atom. The Hall–Kier alpha value is -1.55. The molecule has 0 spiro atoms. The monoisotopic (exact) mass is 304 g/mol. The molecule has 21 heavy (non-hydrogen) atoms. The van der Waals surface area contributed by atoms with E-state index in [0.29, 0.717) is 12.6 Å². The molecule has 0 aromatic heterocycles. The molecule has 0 aliphatic carbocycles. The van der Waals surface area contributed by atoms with E-state index in [4.69, 9.17) is 4.74 Å². The largest absolute Gasteiger partial charge is 0.489 e. The Morgan fingerprint density at radius 2 is 1.86 bits per heavy atom. The highest BCUT2D eigenvalue weighted by Crippen LogP contribution is 2.20. The molecule has 1 saturated heterocycles. The van der Waals surface area contributed by atoms with Gasteiger partial charge in [-0.05, 0) is 23.3 Å². The predicted octanol–water partition coefficient (Wildman–Crippen LogP) is 2.92. The van der Waals surface area contributed by atoms with Crippen molar-refractivity contribution in [2.24, 2.45) is 0 Å². The van der Waals surface area contributed by atoms with Gasteiger partial charge in [0, 0.05) is 25.7 Å². The van der Waals surface area contributed by atoms with Gasteiger partial charge in [-0.15, -0.1) is 12.4 Å². The van der Waals surface area contributed by atoms with Crippen LogP contribution in [0.5, 0.6) is 5.75 Å². The molecule has 1 atom stereocenters. The van der Waals surface area contributed by atoms with E-state index in [0.717, 1.165) is 25.4 Å². The summed E-state index contributed by atoms with van der Waals surface area (Å²) in [6.07, 6.45) is 0. The minimum absolute atomic E-state index is 0. The summed E-state index contributed by atoms with van der Waals surface area (Å²) in [5.41, 5.74) is 2.47. The van der Waals surface area contributed by atoms with Gasteiger partial charge in [0.05, 0.1) is 0 Å². The molecule has 1 aliphatic rings. The summed E-state index contributed by atoms with van der Waals surface area (Å²) in [6.45, 7) is 3.64. The molecule has 0 saturated carbocycles. The first-order valence-corrected chi connectivity index (χ1v) is 7.12. The van der Waals surface area contributed by atoms with Crippen molar-refractivity contribution in [3.8, 4) is 5.75 Å². The summed E-state index contributed by atoms with van der Waals surface area (Å²) < 4.78 is 5.88. The van der Waals surface area contributed by atoms with Gasteiger partial charge in [0.15, 0.2) is 0 Å². The maximum absolute atomic E-state index is 5.88. The lowest BCUT2D eigenvalue weighted by Gasteiger charge is -2.25. The fourth-order valence-electron chi connectivity index (χ4n) is 2.45. The average Bonchev–Trinajstić information content (AvgIpc) is 2.55. The highest BCUT2D eigenvalue weighted by Gasteiger charge is 2.14. The minimum atomic E-state index is 0. The molecular formula is C17H21ClN2O. The maximum atomic E-state index is 5.88. The molecule has 1 aliphatic heterocycles. The minimum Gasteiger partial charge on any atom is -0.489 e. The van der Waals surface area contributed by atoms with Gasteiger partial charge in [-0.1, -0.05) is 42.5 Å². The molecule has 2 aromatic rings. The second-order valence-corrected chi connectivity index (χ2v) is 5.06. The van der Waals surface area contributed by atoms with Gasteiger partial charge in [0.25, 0.3) is 0 Å². The van der Waals surface area contributed by atoms with E-state index in [1.165, 1.54) is 11.1 Å². The van der Waals surface area contributed by atoms with E-state index in [-0.39, 0.29) is 12.4 Å². The predicted molar refractivity (Wildman–Crippen MR) is 88.1 cm³/mol. The topological polar surface area (TPSA) is 33.3 Å². The van der Waals surface area contributed by atoms with Crippen LogP contribution >= 0.6 is 12.4 Å². The molecule has 4 heteroatoms. The van der Waals surface area contributed by atoms with Gasteiger partial charge in [-0.25, -0.2) is 0 Å². The highest BCUT2D eigenvalue weighted by molar-refractivity contribution is 5.85. The van der Waals surface area contributed by atoms with Crippen LogP contribution in [0.25, 0.3) is 0 Å². The van der Waals surface area contributed by atoms with Crippen LogP contribution in [0.2, 0.25) is 0 Å². The van der Waals surface area contributed by atoms with Crippen LogP contribution in [0, 0.1) is 0 Å². The first kappa shape index (κ1) is 15.8. The van der Waals surface area contributed by atoms with E-state index in [9.17, 15) is 0 Å². The smallest absolute Gasteiger partial charge is 0.120 e. The number of rotatable bonds is 4. The Labute approximate surface area is 132 Å². The first-order chi connectivity index (χ1) is 9.92. The first-order valence-electron chi connectivity index (χ1n) is 7.12. The van der Waals surface area contributed by atoms with E-state index in [1.54, 1.807) is 0 Å². The maximum Gasteiger partial charge on any atom is 0.120 e. The summed E-state index contributed by atoms with van der Waals surface area (Å²) >= 11 is 0. The second-order valence-electron chi connectivity index (χ2n) is 5.06. The van der Waals surface area contributed by atoms with Crippen LogP contribution in [0.1, 0.15) is 17.2 Å². The molecule has 0 radical (unpaired) electrons. The van der Waals surface area contributed by atoms with Crippen molar-refractivity contribution >= 4 is 12.4 Å². The van der Waals surface area contributed by atoms with Crippen LogP contribution in [0.15, 0.2) is 54.6 Å². The lowest BCUT2D eigenvalue weighted by molar-refractivity contribution is 0.305. The quantitative estimate of drug-likeness (QED) is 0.911. The van der Waals surface area contributed by atoms with Gasteiger partial charge >= 0.3 is 0 Å². The number of hydrogen-bond donors (Lipinski definition) is 2. The Bertz CT molecular complexity index is 541. The Kier molecular flexibility index (Phi) is 6.05. The molecule has 1 heterocycles. The summed E-state index contributed by atoms with van der Waals surface area (Å²) in [4.78, 5) is 0. The van der Waals surface area contributed by atoms with Crippen molar-refractivity contribution in [2.75, 3.05) is 19.6 Å². The third-order valence-corrected chi connectivity index (χ3v) is 3.55. The van der Waals surface area contributed by atoms with Crippen molar-refractivity contribution < 1.29 is 4.74 Å². The molecule has 3 nitrogen and oxygen atoms in total. The van der Waals surface area contributed by atoms with Crippen molar-refractivity contribution in [3.63, 3.8) is 0 Å². The molecule has 2 aromatic carbocycles. The third-order valence-electron chi connectivity index (χ3n) is 3.55. The highest BCUT2D eigenvalue weighted by atomic mass is 35.5. The van der Waals surface area contributed by atoms with Crippen LogP contribution in [-0.2, 0) is 6.61 Å². The van der Waals surface area contributed by atoms with Gasteiger partial charge in [-0.3, -0.25) is 0 Å². The molecule has 0 unspecified atom stereocenters. The molecule has 0 amide bonds.